The largest absolute Gasteiger partial charge is 0.493 e. The van der Waals surface area contributed by atoms with Gasteiger partial charge < -0.3 is 14.8 Å². The highest BCUT2D eigenvalue weighted by molar-refractivity contribution is 5.96. The molecule has 1 amide bonds. The molecule has 0 aliphatic rings. The Morgan fingerprint density at radius 3 is 2.39 bits per heavy atom. The maximum atomic E-state index is 12.1. The maximum Gasteiger partial charge on any atom is 0.256 e. The van der Waals surface area contributed by atoms with Gasteiger partial charge in [-0.15, -0.1) is 0 Å². The number of benzene rings is 2. The SMILES string of the molecule is COc1ccc(/C=C(/C#N)NC(=O)c2ccccc2)cc1OC. The number of rotatable bonds is 5. The van der Waals surface area contributed by atoms with Crippen molar-refractivity contribution in [1.29, 1.82) is 5.26 Å². The molecular weight excluding hydrogens is 292 g/mol. The van der Waals surface area contributed by atoms with Crippen molar-refractivity contribution in [2.24, 2.45) is 0 Å². The molecule has 23 heavy (non-hydrogen) atoms. The van der Waals surface area contributed by atoms with Gasteiger partial charge in [0.25, 0.3) is 5.91 Å². The molecule has 5 heteroatoms. The van der Waals surface area contributed by atoms with Crippen LogP contribution in [0.4, 0.5) is 0 Å². The van der Waals surface area contributed by atoms with Crippen LogP contribution in [-0.2, 0) is 0 Å². The first-order valence-electron chi connectivity index (χ1n) is 6.88. The highest BCUT2D eigenvalue weighted by Crippen LogP contribution is 2.28. The van der Waals surface area contributed by atoms with Crippen molar-refractivity contribution in [2.45, 2.75) is 0 Å². The van der Waals surface area contributed by atoms with E-state index >= 15 is 0 Å². The number of hydrogen-bond acceptors (Lipinski definition) is 4. The third-order valence-corrected chi connectivity index (χ3v) is 3.12. The molecule has 0 aliphatic carbocycles. The summed E-state index contributed by atoms with van der Waals surface area (Å²) >= 11 is 0. The number of amides is 1. The van der Waals surface area contributed by atoms with Gasteiger partial charge in [-0.05, 0) is 35.9 Å². The number of nitriles is 1. The van der Waals surface area contributed by atoms with Crippen molar-refractivity contribution < 1.29 is 14.3 Å². The Kier molecular flexibility index (Phi) is 5.37. The van der Waals surface area contributed by atoms with Crippen molar-refractivity contribution in [3.05, 3.63) is 65.4 Å². The minimum atomic E-state index is -0.334. The topological polar surface area (TPSA) is 71.3 Å². The van der Waals surface area contributed by atoms with Gasteiger partial charge in [-0.1, -0.05) is 24.3 Å². The second-order valence-corrected chi connectivity index (χ2v) is 4.60. The van der Waals surface area contributed by atoms with Crippen LogP contribution in [0.1, 0.15) is 15.9 Å². The van der Waals surface area contributed by atoms with Gasteiger partial charge >= 0.3 is 0 Å². The molecule has 0 saturated heterocycles. The average Bonchev–Trinajstić information content (AvgIpc) is 2.61. The predicted octanol–water partition coefficient (Wildman–Crippen LogP) is 3.00. The maximum absolute atomic E-state index is 12.1. The summed E-state index contributed by atoms with van der Waals surface area (Å²) in [5.74, 6) is 0.809. The van der Waals surface area contributed by atoms with Gasteiger partial charge in [0.15, 0.2) is 11.5 Å². The first-order valence-corrected chi connectivity index (χ1v) is 6.88. The fourth-order valence-corrected chi connectivity index (χ4v) is 1.99. The van der Waals surface area contributed by atoms with Crippen LogP contribution >= 0.6 is 0 Å². The smallest absolute Gasteiger partial charge is 0.256 e. The van der Waals surface area contributed by atoms with E-state index in [0.29, 0.717) is 22.6 Å². The molecule has 2 aromatic rings. The van der Waals surface area contributed by atoms with E-state index in [2.05, 4.69) is 5.32 Å². The van der Waals surface area contributed by atoms with E-state index in [0.717, 1.165) is 0 Å². The Morgan fingerprint density at radius 2 is 1.78 bits per heavy atom. The number of nitrogens with one attached hydrogen (secondary N) is 1. The number of carbonyl (C=O) groups excluding carboxylic acids is 1. The van der Waals surface area contributed by atoms with Crippen LogP contribution in [-0.4, -0.2) is 20.1 Å². The summed E-state index contributed by atoms with van der Waals surface area (Å²) in [4.78, 5) is 12.1. The van der Waals surface area contributed by atoms with Crippen molar-refractivity contribution in [2.75, 3.05) is 14.2 Å². The summed E-state index contributed by atoms with van der Waals surface area (Å²) in [6.07, 6.45) is 1.57. The standard InChI is InChI=1S/C18H16N2O3/c1-22-16-9-8-13(11-17(16)23-2)10-15(12-19)20-18(21)14-6-4-3-5-7-14/h3-11H,1-2H3,(H,20,21)/b15-10-. The normalized spacial score (nSPS) is 10.6. The summed E-state index contributed by atoms with van der Waals surface area (Å²) in [6, 6.07) is 15.9. The molecule has 0 aromatic heterocycles. The quantitative estimate of drug-likeness (QED) is 0.862. The number of carbonyl (C=O) groups is 1. The Balaban J connectivity index is 2.22. The lowest BCUT2D eigenvalue weighted by atomic mass is 10.1. The zero-order valence-corrected chi connectivity index (χ0v) is 12.9. The van der Waals surface area contributed by atoms with Gasteiger partial charge in [-0.25, -0.2) is 0 Å². The van der Waals surface area contributed by atoms with Gasteiger partial charge in [-0.3, -0.25) is 4.79 Å². The van der Waals surface area contributed by atoms with Crippen LogP contribution in [0, 0.1) is 11.3 Å². The number of allylic oxidation sites excluding steroid dienone is 1. The molecule has 0 unspecified atom stereocenters. The lowest BCUT2D eigenvalue weighted by Crippen LogP contribution is -2.21. The molecule has 0 spiro atoms. The third-order valence-electron chi connectivity index (χ3n) is 3.12. The minimum Gasteiger partial charge on any atom is -0.493 e. The van der Waals surface area contributed by atoms with E-state index in [1.807, 2.05) is 12.1 Å². The van der Waals surface area contributed by atoms with Crippen molar-refractivity contribution >= 4 is 12.0 Å². The van der Waals surface area contributed by atoms with Crippen LogP contribution in [0.15, 0.2) is 54.2 Å². The number of ether oxygens (including phenoxy) is 2. The summed E-state index contributed by atoms with van der Waals surface area (Å²) in [7, 11) is 3.09. The highest BCUT2D eigenvalue weighted by atomic mass is 16.5. The summed E-state index contributed by atoms with van der Waals surface area (Å²) in [5, 5.41) is 11.8. The number of nitrogens with zero attached hydrogens (tertiary/aromatic N) is 1. The fraction of sp³-hybridized carbons (Fsp3) is 0.111. The molecule has 0 saturated carbocycles. The average molecular weight is 308 g/mol. The Morgan fingerprint density at radius 1 is 1.09 bits per heavy atom. The summed E-state index contributed by atoms with van der Waals surface area (Å²) < 4.78 is 10.4. The zero-order chi connectivity index (χ0) is 16.7. The molecule has 0 heterocycles. The van der Waals surface area contributed by atoms with Crippen LogP contribution in [0.3, 0.4) is 0 Å². The third kappa shape index (κ3) is 4.11. The van der Waals surface area contributed by atoms with Crippen LogP contribution in [0.2, 0.25) is 0 Å². The molecule has 0 radical (unpaired) electrons. The van der Waals surface area contributed by atoms with E-state index in [9.17, 15) is 10.1 Å². The van der Waals surface area contributed by atoms with Crippen LogP contribution in [0.5, 0.6) is 11.5 Å². The Labute approximate surface area is 134 Å². The fourth-order valence-electron chi connectivity index (χ4n) is 1.99. The first kappa shape index (κ1) is 16.1. The number of methoxy groups -OCH3 is 2. The van der Waals surface area contributed by atoms with E-state index in [-0.39, 0.29) is 11.6 Å². The second kappa shape index (κ2) is 7.66. The molecule has 2 aromatic carbocycles. The molecule has 2 rings (SSSR count). The van der Waals surface area contributed by atoms with Gasteiger partial charge in [0.05, 0.1) is 14.2 Å². The van der Waals surface area contributed by atoms with Gasteiger partial charge in [0.2, 0.25) is 0 Å². The van der Waals surface area contributed by atoms with Gasteiger partial charge in [0.1, 0.15) is 11.8 Å². The van der Waals surface area contributed by atoms with Gasteiger partial charge in [0, 0.05) is 5.56 Å². The molecule has 5 nitrogen and oxygen atoms in total. The summed E-state index contributed by atoms with van der Waals surface area (Å²) in [5.41, 5.74) is 1.35. The van der Waals surface area contributed by atoms with Crippen molar-refractivity contribution in [3.8, 4) is 17.6 Å². The Bertz CT molecular complexity index is 762. The van der Waals surface area contributed by atoms with Crippen LogP contribution in [0.25, 0.3) is 6.08 Å². The molecule has 116 valence electrons. The van der Waals surface area contributed by atoms with E-state index in [1.165, 1.54) is 7.11 Å². The highest BCUT2D eigenvalue weighted by Gasteiger charge is 2.08. The molecule has 0 aliphatic heterocycles. The van der Waals surface area contributed by atoms with Crippen LogP contribution < -0.4 is 14.8 Å². The van der Waals surface area contributed by atoms with E-state index < -0.39 is 0 Å². The molecule has 0 bridgehead atoms. The monoisotopic (exact) mass is 308 g/mol. The number of hydrogen-bond donors (Lipinski definition) is 1. The molecule has 0 fully saturated rings. The molecule has 0 atom stereocenters. The lowest BCUT2D eigenvalue weighted by Gasteiger charge is -2.08. The Hall–Kier alpha value is -3.26. The first-order chi connectivity index (χ1) is 11.2. The van der Waals surface area contributed by atoms with Crippen molar-refractivity contribution in [3.63, 3.8) is 0 Å². The predicted molar refractivity (Wildman–Crippen MR) is 87.0 cm³/mol. The zero-order valence-electron chi connectivity index (χ0n) is 12.9. The second-order valence-electron chi connectivity index (χ2n) is 4.60. The van der Waals surface area contributed by atoms with Gasteiger partial charge in [-0.2, -0.15) is 5.26 Å². The van der Waals surface area contributed by atoms with E-state index in [4.69, 9.17) is 9.47 Å². The molecule has 1 N–H and O–H groups in total. The van der Waals surface area contributed by atoms with E-state index in [1.54, 1.807) is 55.7 Å². The molecular formula is C18H16N2O3. The lowest BCUT2D eigenvalue weighted by molar-refractivity contribution is 0.0968. The summed E-state index contributed by atoms with van der Waals surface area (Å²) in [6.45, 7) is 0. The van der Waals surface area contributed by atoms with Crippen molar-refractivity contribution in [1.82, 2.24) is 5.32 Å². The minimum absolute atomic E-state index is 0.145.